The Morgan fingerprint density at radius 2 is 1.95 bits per heavy atom. The highest BCUT2D eigenvalue weighted by molar-refractivity contribution is 5.95. The van der Waals surface area contributed by atoms with Gasteiger partial charge in [-0.1, -0.05) is 30.3 Å². The van der Waals surface area contributed by atoms with Gasteiger partial charge >= 0.3 is 6.09 Å². The first-order chi connectivity index (χ1) is 19.0. The van der Waals surface area contributed by atoms with Crippen molar-refractivity contribution < 1.29 is 28.6 Å². The van der Waals surface area contributed by atoms with E-state index in [9.17, 15) is 14.4 Å². The molecule has 0 bridgehead atoms. The number of nitrogens with one attached hydrogen (secondary N) is 3. The van der Waals surface area contributed by atoms with Crippen molar-refractivity contribution in [1.82, 2.24) is 15.6 Å². The molecule has 39 heavy (non-hydrogen) atoms. The molecule has 202 valence electrons. The van der Waals surface area contributed by atoms with Gasteiger partial charge in [-0.05, 0) is 60.0 Å². The zero-order valence-electron chi connectivity index (χ0n) is 21.4. The molecule has 11 nitrogen and oxygen atoms in total. The van der Waals surface area contributed by atoms with Crippen LogP contribution in [0.1, 0.15) is 12.0 Å². The van der Waals surface area contributed by atoms with E-state index in [1.165, 1.54) is 4.90 Å². The number of benzene rings is 2. The first-order valence-corrected chi connectivity index (χ1v) is 12.6. The number of anilines is 2. The standard InChI is InChI=1S/C28H29N5O6/c1-29-25(34)16-37-21-7-3-6-20(13-21)19-5-2-4-18(12-19)14-30-11-10-22-15-33(28(36)39-22)24-9-8-23-27(31-24)32-26(35)17-38-23/h2-9,12-13,22,30H,10-11,14-17H2,1H3,(H,29,34)(H,31,32,35)/t22-/m0/s1. The zero-order chi connectivity index (χ0) is 27.2. The summed E-state index contributed by atoms with van der Waals surface area (Å²) < 4.78 is 16.4. The summed E-state index contributed by atoms with van der Waals surface area (Å²) in [6.07, 6.45) is -0.112. The minimum absolute atomic E-state index is 0.0328. The number of nitrogens with zero attached hydrogens (tertiary/aromatic N) is 2. The number of hydrogen-bond donors (Lipinski definition) is 3. The highest BCUT2D eigenvalue weighted by Crippen LogP contribution is 2.30. The van der Waals surface area contributed by atoms with Crippen LogP contribution in [0.2, 0.25) is 0 Å². The molecule has 1 saturated heterocycles. The molecule has 0 spiro atoms. The molecule has 5 rings (SSSR count). The molecule has 0 radical (unpaired) electrons. The van der Waals surface area contributed by atoms with Crippen LogP contribution in [-0.4, -0.2) is 62.3 Å². The third-order valence-electron chi connectivity index (χ3n) is 6.33. The predicted octanol–water partition coefficient (Wildman–Crippen LogP) is 2.71. The predicted molar refractivity (Wildman–Crippen MR) is 144 cm³/mol. The number of cyclic esters (lactones) is 1. The lowest BCUT2D eigenvalue weighted by molar-refractivity contribution is -0.122. The topological polar surface area (TPSA) is 131 Å². The molecule has 3 N–H and O–H groups in total. The van der Waals surface area contributed by atoms with Crippen LogP contribution in [0.4, 0.5) is 16.4 Å². The van der Waals surface area contributed by atoms with E-state index in [1.54, 1.807) is 19.2 Å². The molecule has 0 unspecified atom stereocenters. The molecule has 1 atom stereocenters. The molecule has 1 fully saturated rings. The van der Waals surface area contributed by atoms with E-state index in [-0.39, 0.29) is 31.1 Å². The van der Waals surface area contributed by atoms with E-state index in [0.717, 1.165) is 16.7 Å². The Morgan fingerprint density at radius 1 is 1.13 bits per heavy atom. The van der Waals surface area contributed by atoms with Crippen LogP contribution in [0.5, 0.6) is 11.5 Å². The maximum Gasteiger partial charge on any atom is 0.415 e. The van der Waals surface area contributed by atoms with Gasteiger partial charge in [-0.25, -0.2) is 9.78 Å². The third kappa shape index (κ3) is 6.44. The number of likely N-dealkylation sites (N-methyl/N-ethyl adjacent to an activating group) is 1. The monoisotopic (exact) mass is 531 g/mol. The number of pyridine rings is 1. The second kappa shape index (κ2) is 11.8. The van der Waals surface area contributed by atoms with E-state index >= 15 is 0 Å². The van der Waals surface area contributed by atoms with Gasteiger partial charge in [-0.15, -0.1) is 0 Å². The van der Waals surface area contributed by atoms with Gasteiger partial charge in [0.15, 0.2) is 24.8 Å². The van der Waals surface area contributed by atoms with E-state index in [0.29, 0.717) is 49.2 Å². The minimum Gasteiger partial charge on any atom is -0.484 e. The number of amides is 3. The van der Waals surface area contributed by atoms with Gasteiger partial charge in [-0.2, -0.15) is 0 Å². The summed E-state index contributed by atoms with van der Waals surface area (Å²) in [5, 5.41) is 8.60. The van der Waals surface area contributed by atoms with Crippen molar-refractivity contribution >= 4 is 29.5 Å². The molecule has 2 aliphatic rings. The molecule has 2 aliphatic heterocycles. The number of rotatable bonds is 10. The fourth-order valence-electron chi connectivity index (χ4n) is 4.31. The largest absolute Gasteiger partial charge is 0.484 e. The number of fused-ring (bicyclic) bond motifs is 1. The summed E-state index contributed by atoms with van der Waals surface area (Å²) in [6.45, 7) is 1.59. The molecule has 11 heteroatoms. The van der Waals surface area contributed by atoms with Crippen molar-refractivity contribution in [2.75, 3.05) is 43.6 Å². The Bertz CT molecular complexity index is 1380. The van der Waals surface area contributed by atoms with Crippen LogP contribution in [-0.2, 0) is 20.9 Å². The Kier molecular flexibility index (Phi) is 7.88. The Hall–Kier alpha value is -4.64. The van der Waals surface area contributed by atoms with Gasteiger partial charge in [0.05, 0.1) is 6.54 Å². The van der Waals surface area contributed by atoms with Gasteiger partial charge in [0, 0.05) is 13.6 Å². The lowest BCUT2D eigenvalue weighted by Gasteiger charge is -2.19. The van der Waals surface area contributed by atoms with Crippen LogP contribution < -0.4 is 30.3 Å². The van der Waals surface area contributed by atoms with Crippen LogP contribution in [0, 0.1) is 0 Å². The SMILES string of the molecule is CNC(=O)COc1cccc(-c2cccc(CNCC[C@H]3CN(c4ccc5c(n4)NC(=O)CO5)C(=O)O3)c2)c1. The number of hydrogen-bond acceptors (Lipinski definition) is 8. The van der Waals surface area contributed by atoms with Crippen LogP contribution in [0.25, 0.3) is 11.1 Å². The molecule has 3 amide bonds. The third-order valence-corrected chi connectivity index (χ3v) is 6.33. The summed E-state index contributed by atoms with van der Waals surface area (Å²) in [4.78, 5) is 41.3. The van der Waals surface area contributed by atoms with Gasteiger partial charge < -0.3 is 30.2 Å². The fraction of sp³-hybridized carbons (Fsp3) is 0.286. The molecule has 0 aliphatic carbocycles. The van der Waals surface area contributed by atoms with E-state index in [1.807, 2.05) is 42.5 Å². The normalized spacial score (nSPS) is 16.1. The molecule has 1 aromatic heterocycles. The maximum absolute atomic E-state index is 12.5. The number of ether oxygens (including phenoxy) is 3. The molecular formula is C28H29N5O6. The Labute approximate surface area is 225 Å². The van der Waals surface area contributed by atoms with Crippen molar-refractivity contribution in [3.63, 3.8) is 0 Å². The first-order valence-electron chi connectivity index (χ1n) is 12.6. The van der Waals surface area contributed by atoms with E-state index < -0.39 is 6.09 Å². The smallest absolute Gasteiger partial charge is 0.415 e. The van der Waals surface area contributed by atoms with E-state index in [4.69, 9.17) is 14.2 Å². The van der Waals surface area contributed by atoms with Crippen molar-refractivity contribution in [3.05, 3.63) is 66.2 Å². The van der Waals surface area contributed by atoms with Crippen molar-refractivity contribution in [2.45, 2.75) is 19.1 Å². The average molecular weight is 532 g/mol. The Morgan fingerprint density at radius 3 is 2.79 bits per heavy atom. The highest BCUT2D eigenvalue weighted by Gasteiger charge is 2.33. The van der Waals surface area contributed by atoms with Gasteiger partial charge in [0.1, 0.15) is 17.7 Å². The van der Waals surface area contributed by atoms with Gasteiger partial charge in [0.2, 0.25) is 0 Å². The summed E-state index contributed by atoms with van der Waals surface area (Å²) in [7, 11) is 1.57. The lowest BCUT2D eigenvalue weighted by atomic mass is 10.0. The molecule has 0 saturated carbocycles. The Balaban J connectivity index is 1.11. The second-order valence-electron chi connectivity index (χ2n) is 9.12. The molecule has 3 aromatic rings. The summed E-state index contributed by atoms with van der Waals surface area (Å²) in [6, 6.07) is 19.2. The quantitative estimate of drug-likeness (QED) is 0.341. The van der Waals surface area contributed by atoms with Crippen molar-refractivity contribution in [2.24, 2.45) is 0 Å². The van der Waals surface area contributed by atoms with Crippen molar-refractivity contribution in [1.29, 1.82) is 0 Å². The number of carbonyl (C=O) groups is 3. The molecular weight excluding hydrogens is 502 g/mol. The van der Waals surface area contributed by atoms with Crippen molar-refractivity contribution in [3.8, 4) is 22.6 Å². The zero-order valence-corrected chi connectivity index (χ0v) is 21.4. The number of aromatic nitrogens is 1. The number of carbonyl (C=O) groups excluding carboxylic acids is 3. The van der Waals surface area contributed by atoms with Crippen LogP contribution in [0.3, 0.4) is 0 Å². The molecule has 2 aromatic carbocycles. The fourth-order valence-corrected chi connectivity index (χ4v) is 4.31. The maximum atomic E-state index is 12.5. The van der Waals surface area contributed by atoms with E-state index in [2.05, 4.69) is 27.0 Å². The lowest BCUT2D eigenvalue weighted by Crippen LogP contribution is -2.29. The summed E-state index contributed by atoms with van der Waals surface area (Å²) in [5.74, 6) is 1.33. The highest BCUT2D eigenvalue weighted by atomic mass is 16.6. The summed E-state index contributed by atoms with van der Waals surface area (Å²) in [5.41, 5.74) is 3.14. The van der Waals surface area contributed by atoms with Gasteiger partial charge in [0.25, 0.3) is 11.8 Å². The summed E-state index contributed by atoms with van der Waals surface area (Å²) >= 11 is 0. The minimum atomic E-state index is -0.468. The van der Waals surface area contributed by atoms with Crippen LogP contribution in [0.15, 0.2) is 60.7 Å². The molecule has 3 heterocycles. The van der Waals surface area contributed by atoms with Gasteiger partial charge in [-0.3, -0.25) is 14.5 Å². The average Bonchev–Trinajstić information content (AvgIpc) is 3.34. The second-order valence-corrected chi connectivity index (χ2v) is 9.12. The first kappa shape index (κ1) is 26.0. The van der Waals surface area contributed by atoms with Crippen LogP contribution >= 0.6 is 0 Å².